The van der Waals surface area contributed by atoms with Gasteiger partial charge in [-0.1, -0.05) is 70.7 Å². The van der Waals surface area contributed by atoms with E-state index in [1.165, 1.54) is 0 Å². The summed E-state index contributed by atoms with van der Waals surface area (Å²) in [5.41, 5.74) is 2.01. The molecule has 0 bridgehead atoms. The molecule has 0 fully saturated rings. The van der Waals surface area contributed by atoms with Gasteiger partial charge in [0, 0.05) is 0 Å². The minimum atomic E-state index is -1.97. The predicted octanol–water partition coefficient (Wildman–Crippen LogP) is 3.71. The third-order valence-corrected chi connectivity index (χ3v) is 2.73. The average molecular weight is 293 g/mol. The molecule has 1 aromatic carbocycles. The van der Waals surface area contributed by atoms with Gasteiger partial charge in [-0.15, -0.1) is 6.58 Å². The molecule has 0 saturated heterocycles. The Morgan fingerprint density at radius 1 is 1.35 bits per heavy atom. The fourth-order valence-electron chi connectivity index (χ4n) is 1.28. The molecule has 1 N–H and O–H groups in total. The van der Waals surface area contributed by atoms with Crippen LogP contribution < -0.4 is 5.32 Å². The minimum absolute atomic E-state index is 0.376. The molecule has 0 saturated carbocycles. The van der Waals surface area contributed by atoms with E-state index < -0.39 is 9.70 Å². The molecule has 0 aliphatic heterocycles. The number of benzene rings is 1. The molecule has 0 radical (unpaired) electrons. The summed E-state index contributed by atoms with van der Waals surface area (Å²) < 4.78 is -1.97. The lowest BCUT2D eigenvalue weighted by Crippen LogP contribution is -2.36. The molecule has 0 aromatic heterocycles. The third kappa shape index (κ3) is 4.23. The zero-order valence-electron chi connectivity index (χ0n) is 9.21. The quantitative estimate of drug-likeness (QED) is 0.668. The normalized spacial score (nSPS) is 12.9. The van der Waals surface area contributed by atoms with Crippen molar-refractivity contribution < 1.29 is 4.79 Å². The summed E-state index contributed by atoms with van der Waals surface area (Å²) in [6.45, 7) is 5.63. The Labute approximate surface area is 116 Å². The van der Waals surface area contributed by atoms with Crippen molar-refractivity contribution in [1.82, 2.24) is 5.32 Å². The second kappa shape index (κ2) is 5.76. The van der Waals surface area contributed by atoms with Gasteiger partial charge >= 0.3 is 0 Å². The summed E-state index contributed by atoms with van der Waals surface area (Å²) >= 11 is 16.4. The first-order chi connectivity index (χ1) is 7.84. The van der Waals surface area contributed by atoms with E-state index in [9.17, 15) is 4.79 Å². The van der Waals surface area contributed by atoms with E-state index in [2.05, 4.69) is 11.9 Å². The van der Waals surface area contributed by atoms with Crippen molar-refractivity contribution in [3.05, 3.63) is 48.0 Å². The number of carbonyl (C=O) groups excluding carboxylic acids is 1. The van der Waals surface area contributed by atoms with Gasteiger partial charge < -0.3 is 5.32 Å². The topological polar surface area (TPSA) is 29.1 Å². The Morgan fingerprint density at radius 3 is 2.29 bits per heavy atom. The van der Waals surface area contributed by atoms with Gasteiger partial charge in [-0.2, -0.15) is 0 Å². The maximum Gasteiger partial charge on any atom is 0.272 e. The number of carbonyl (C=O) groups is 1. The Hall–Kier alpha value is -0.700. The molecule has 1 rings (SSSR count). The fraction of sp³-hybridized carbons (Fsp3) is 0.250. The number of hydrogen-bond acceptors (Lipinski definition) is 1. The first-order valence-corrected chi connectivity index (χ1v) is 6.05. The van der Waals surface area contributed by atoms with Crippen LogP contribution in [0.25, 0.3) is 0 Å². The van der Waals surface area contributed by atoms with Crippen molar-refractivity contribution in [2.75, 3.05) is 0 Å². The number of amides is 1. The summed E-state index contributed by atoms with van der Waals surface area (Å²) in [6.07, 6.45) is 1.58. The van der Waals surface area contributed by atoms with Crippen LogP contribution in [0.5, 0.6) is 0 Å². The summed E-state index contributed by atoms with van der Waals surface area (Å²) in [7, 11) is 0. The van der Waals surface area contributed by atoms with Crippen molar-refractivity contribution in [3.8, 4) is 0 Å². The van der Waals surface area contributed by atoms with Crippen molar-refractivity contribution in [2.45, 2.75) is 16.8 Å². The summed E-state index contributed by atoms with van der Waals surface area (Å²) in [4.78, 5) is 11.5. The van der Waals surface area contributed by atoms with Crippen LogP contribution in [0.2, 0.25) is 0 Å². The van der Waals surface area contributed by atoms with E-state index >= 15 is 0 Å². The molecule has 92 valence electrons. The Balaban J connectivity index is 2.83. The van der Waals surface area contributed by atoms with Crippen LogP contribution in [0, 0.1) is 6.92 Å². The smallest absolute Gasteiger partial charge is 0.272 e. The molecule has 5 heteroatoms. The number of halogens is 3. The van der Waals surface area contributed by atoms with Crippen LogP contribution in [-0.4, -0.2) is 9.70 Å². The summed E-state index contributed by atoms with van der Waals surface area (Å²) in [5.74, 6) is -0.673. The molecule has 2 nitrogen and oxygen atoms in total. The summed E-state index contributed by atoms with van der Waals surface area (Å²) in [6, 6.07) is 7.28. The second-order valence-corrected chi connectivity index (χ2v) is 5.88. The van der Waals surface area contributed by atoms with E-state index in [0.717, 1.165) is 11.1 Å². The molecular weight excluding hydrogens is 280 g/mol. The molecular formula is C12H12Cl3NO. The van der Waals surface area contributed by atoms with E-state index in [-0.39, 0.29) is 6.04 Å². The molecule has 1 aromatic rings. The highest BCUT2D eigenvalue weighted by Gasteiger charge is 2.31. The summed E-state index contributed by atoms with van der Waals surface area (Å²) in [5, 5.41) is 2.59. The first-order valence-electron chi connectivity index (χ1n) is 4.91. The van der Waals surface area contributed by atoms with Crippen LogP contribution in [0.4, 0.5) is 0 Å². The van der Waals surface area contributed by atoms with Gasteiger partial charge in [0.25, 0.3) is 9.70 Å². The molecule has 0 aliphatic carbocycles. The van der Waals surface area contributed by atoms with E-state index in [4.69, 9.17) is 34.8 Å². The van der Waals surface area contributed by atoms with Crippen LogP contribution >= 0.6 is 34.8 Å². The van der Waals surface area contributed by atoms with Crippen molar-refractivity contribution in [2.24, 2.45) is 0 Å². The Bertz CT molecular complexity index is 409. The van der Waals surface area contributed by atoms with Gasteiger partial charge in [0.1, 0.15) is 0 Å². The zero-order chi connectivity index (χ0) is 13.1. The van der Waals surface area contributed by atoms with Crippen LogP contribution in [-0.2, 0) is 4.79 Å². The Morgan fingerprint density at radius 2 is 1.88 bits per heavy atom. The molecule has 1 unspecified atom stereocenters. The van der Waals surface area contributed by atoms with Crippen LogP contribution in [0.15, 0.2) is 36.9 Å². The third-order valence-electron chi connectivity index (χ3n) is 2.22. The zero-order valence-corrected chi connectivity index (χ0v) is 11.5. The van der Waals surface area contributed by atoms with Gasteiger partial charge in [-0.25, -0.2) is 0 Å². The van der Waals surface area contributed by atoms with Gasteiger partial charge in [-0.3, -0.25) is 4.79 Å². The SMILES string of the molecule is C=CC(NC(=O)C(Cl)(Cl)Cl)c1ccc(C)cc1. The standard InChI is InChI=1S/C12H12Cl3NO/c1-3-10(16-11(17)12(13,14)15)9-6-4-8(2)5-7-9/h3-7,10H,1H2,2H3,(H,16,17). The van der Waals surface area contributed by atoms with E-state index in [1.807, 2.05) is 31.2 Å². The highest BCUT2D eigenvalue weighted by Crippen LogP contribution is 2.27. The number of alkyl halides is 3. The number of rotatable bonds is 3. The molecule has 1 amide bonds. The van der Waals surface area contributed by atoms with Crippen molar-refractivity contribution in [1.29, 1.82) is 0 Å². The highest BCUT2D eigenvalue weighted by molar-refractivity contribution is 6.76. The van der Waals surface area contributed by atoms with Gasteiger partial charge in [0.2, 0.25) is 0 Å². The largest absolute Gasteiger partial charge is 0.342 e. The van der Waals surface area contributed by atoms with Crippen molar-refractivity contribution >= 4 is 40.7 Å². The van der Waals surface area contributed by atoms with Gasteiger partial charge in [-0.05, 0) is 12.5 Å². The minimum Gasteiger partial charge on any atom is -0.342 e. The second-order valence-electron chi connectivity index (χ2n) is 3.60. The average Bonchev–Trinajstić information content (AvgIpc) is 2.25. The molecule has 0 heterocycles. The number of aryl methyl sites for hydroxylation is 1. The van der Waals surface area contributed by atoms with Gasteiger partial charge in [0.05, 0.1) is 6.04 Å². The monoisotopic (exact) mass is 291 g/mol. The lowest BCUT2D eigenvalue weighted by molar-refractivity contribution is -0.120. The van der Waals surface area contributed by atoms with E-state index in [1.54, 1.807) is 6.08 Å². The Kier molecular flexibility index (Phi) is 4.87. The molecule has 0 spiro atoms. The lowest BCUT2D eigenvalue weighted by Gasteiger charge is -2.18. The van der Waals surface area contributed by atoms with E-state index in [0.29, 0.717) is 0 Å². The molecule has 1 atom stereocenters. The lowest BCUT2D eigenvalue weighted by atomic mass is 10.1. The van der Waals surface area contributed by atoms with Crippen LogP contribution in [0.1, 0.15) is 17.2 Å². The fourth-order valence-corrected chi connectivity index (χ4v) is 1.44. The maximum absolute atomic E-state index is 11.5. The highest BCUT2D eigenvalue weighted by atomic mass is 35.6. The number of hydrogen-bond donors (Lipinski definition) is 1. The van der Waals surface area contributed by atoms with Gasteiger partial charge in [0.15, 0.2) is 0 Å². The van der Waals surface area contributed by atoms with Crippen LogP contribution in [0.3, 0.4) is 0 Å². The molecule has 17 heavy (non-hydrogen) atoms. The molecule has 0 aliphatic rings. The predicted molar refractivity (Wildman–Crippen MR) is 72.5 cm³/mol. The van der Waals surface area contributed by atoms with Crippen molar-refractivity contribution in [3.63, 3.8) is 0 Å². The first kappa shape index (κ1) is 14.4. The maximum atomic E-state index is 11.5. The number of nitrogens with one attached hydrogen (secondary N) is 1.